The normalized spacial score (nSPS) is 14.7. The molecule has 0 amide bonds. The average molecular weight is 297 g/mol. The van der Waals surface area contributed by atoms with E-state index in [0.717, 1.165) is 42.7 Å². The van der Waals surface area contributed by atoms with E-state index in [4.69, 9.17) is 14.5 Å². The number of fused-ring (bicyclic) bond motifs is 1. The van der Waals surface area contributed by atoms with Crippen molar-refractivity contribution < 1.29 is 9.47 Å². The van der Waals surface area contributed by atoms with E-state index in [2.05, 4.69) is 11.0 Å². The van der Waals surface area contributed by atoms with Gasteiger partial charge in [-0.15, -0.1) is 0 Å². The minimum Gasteiger partial charge on any atom is -0.493 e. The highest BCUT2D eigenvalue weighted by Crippen LogP contribution is 2.34. The molecule has 1 aromatic carbocycles. The fraction of sp³-hybridized carbons (Fsp3) is 0.412. The van der Waals surface area contributed by atoms with Crippen LogP contribution in [0, 0.1) is 11.3 Å². The van der Waals surface area contributed by atoms with Crippen LogP contribution in [0.25, 0.3) is 10.9 Å². The van der Waals surface area contributed by atoms with E-state index >= 15 is 0 Å². The van der Waals surface area contributed by atoms with Gasteiger partial charge in [-0.3, -0.25) is 0 Å². The maximum Gasteiger partial charge on any atom is 0.162 e. The molecule has 0 atom stereocenters. The average Bonchev–Trinajstić information content (AvgIpc) is 2.59. The van der Waals surface area contributed by atoms with Gasteiger partial charge in [0.05, 0.1) is 25.3 Å². The summed E-state index contributed by atoms with van der Waals surface area (Å²) in [5, 5.41) is 10.3. The maximum absolute atomic E-state index is 9.46. The molecular formula is C17H19N3O2. The highest BCUT2D eigenvalue weighted by Gasteiger charge is 2.18. The minimum atomic E-state index is 0.613. The topological polar surface area (TPSA) is 58.4 Å². The lowest BCUT2D eigenvalue weighted by Crippen LogP contribution is -2.30. The maximum atomic E-state index is 9.46. The molecular weight excluding hydrogens is 278 g/mol. The Kier molecular flexibility index (Phi) is 4.01. The second-order valence-corrected chi connectivity index (χ2v) is 5.42. The first-order valence-electron chi connectivity index (χ1n) is 7.48. The van der Waals surface area contributed by atoms with Crippen molar-refractivity contribution in [3.63, 3.8) is 0 Å². The molecule has 0 saturated carbocycles. The largest absolute Gasteiger partial charge is 0.493 e. The molecule has 114 valence electrons. The number of benzene rings is 1. The summed E-state index contributed by atoms with van der Waals surface area (Å²) in [5.41, 5.74) is 1.43. The van der Waals surface area contributed by atoms with Gasteiger partial charge >= 0.3 is 0 Å². The van der Waals surface area contributed by atoms with Crippen LogP contribution in [0.3, 0.4) is 0 Å². The Labute approximate surface area is 130 Å². The second kappa shape index (κ2) is 6.10. The van der Waals surface area contributed by atoms with Gasteiger partial charge in [0.25, 0.3) is 0 Å². The Morgan fingerprint density at radius 2 is 1.73 bits per heavy atom. The van der Waals surface area contributed by atoms with Gasteiger partial charge < -0.3 is 14.4 Å². The molecule has 0 unspecified atom stereocenters. The van der Waals surface area contributed by atoms with Gasteiger partial charge in [-0.25, -0.2) is 4.98 Å². The highest BCUT2D eigenvalue weighted by atomic mass is 16.5. The van der Waals surface area contributed by atoms with Crippen LogP contribution in [0.4, 0.5) is 5.82 Å². The molecule has 1 aromatic heterocycles. The van der Waals surface area contributed by atoms with Gasteiger partial charge in [-0.1, -0.05) is 0 Å². The van der Waals surface area contributed by atoms with Crippen LogP contribution in [0.5, 0.6) is 11.5 Å². The van der Waals surface area contributed by atoms with Crippen molar-refractivity contribution in [2.45, 2.75) is 19.3 Å². The van der Waals surface area contributed by atoms with Gasteiger partial charge in [0.2, 0.25) is 0 Å². The van der Waals surface area contributed by atoms with E-state index in [1.54, 1.807) is 14.2 Å². The van der Waals surface area contributed by atoms with Crippen LogP contribution in [-0.2, 0) is 0 Å². The fourth-order valence-electron chi connectivity index (χ4n) is 2.92. The number of anilines is 1. The van der Waals surface area contributed by atoms with E-state index in [-0.39, 0.29) is 0 Å². The van der Waals surface area contributed by atoms with E-state index in [0.29, 0.717) is 17.1 Å². The molecule has 0 aliphatic carbocycles. The molecule has 5 nitrogen and oxygen atoms in total. The van der Waals surface area contributed by atoms with Crippen LogP contribution in [0.15, 0.2) is 18.2 Å². The van der Waals surface area contributed by atoms with Crippen molar-refractivity contribution >= 4 is 16.7 Å². The lowest BCUT2D eigenvalue weighted by atomic mass is 10.1. The van der Waals surface area contributed by atoms with Gasteiger partial charge in [-0.05, 0) is 31.4 Å². The Bertz CT molecular complexity index is 731. The Balaban J connectivity index is 2.14. The third kappa shape index (κ3) is 2.52. The summed E-state index contributed by atoms with van der Waals surface area (Å²) in [6.45, 7) is 1.92. The molecule has 0 N–H and O–H groups in total. The van der Waals surface area contributed by atoms with Gasteiger partial charge in [-0.2, -0.15) is 5.26 Å². The summed E-state index contributed by atoms with van der Waals surface area (Å²) in [6.07, 6.45) is 3.55. The van der Waals surface area contributed by atoms with Gasteiger partial charge in [0, 0.05) is 24.5 Å². The number of pyridine rings is 1. The van der Waals surface area contributed by atoms with E-state index in [1.807, 2.05) is 18.2 Å². The van der Waals surface area contributed by atoms with E-state index < -0.39 is 0 Å². The van der Waals surface area contributed by atoms with Gasteiger partial charge in [0.15, 0.2) is 11.5 Å². The smallest absolute Gasteiger partial charge is 0.162 e. The molecule has 0 spiro atoms. The van der Waals surface area contributed by atoms with Crippen LogP contribution >= 0.6 is 0 Å². The van der Waals surface area contributed by atoms with Crippen LogP contribution in [0.2, 0.25) is 0 Å². The number of piperidine rings is 1. The van der Waals surface area contributed by atoms with Crippen molar-refractivity contribution in [1.82, 2.24) is 4.98 Å². The molecule has 1 aliphatic heterocycles. The quantitative estimate of drug-likeness (QED) is 0.871. The first kappa shape index (κ1) is 14.5. The van der Waals surface area contributed by atoms with Crippen molar-refractivity contribution in [2.24, 2.45) is 0 Å². The van der Waals surface area contributed by atoms with Crippen LogP contribution in [-0.4, -0.2) is 32.3 Å². The molecule has 5 heteroatoms. The molecule has 3 rings (SSSR count). The van der Waals surface area contributed by atoms with Crippen molar-refractivity contribution in [3.8, 4) is 17.6 Å². The number of hydrogen-bond donors (Lipinski definition) is 0. The zero-order valence-corrected chi connectivity index (χ0v) is 12.9. The predicted molar refractivity (Wildman–Crippen MR) is 85.6 cm³/mol. The molecule has 1 aliphatic rings. The monoisotopic (exact) mass is 297 g/mol. The molecule has 2 aromatic rings. The number of rotatable bonds is 3. The number of nitriles is 1. The first-order chi connectivity index (χ1) is 10.8. The van der Waals surface area contributed by atoms with Crippen molar-refractivity contribution in [3.05, 3.63) is 23.8 Å². The summed E-state index contributed by atoms with van der Waals surface area (Å²) >= 11 is 0. The summed E-state index contributed by atoms with van der Waals surface area (Å²) in [5.74, 6) is 2.07. The lowest BCUT2D eigenvalue weighted by molar-refractivity contribution is 0.356. The van der Waals surface area contributed by atoms with Crippen LogP contribution < -0.4 is 14.4 Å². The first-order valence-corrected chi connectivity index (χ1v) is 7.48. The molecule has 22 heavy (non-hydrogen) atoms. The fourth-order valence-corrected chi connectivity index (χ4v) is 2.92. The molecule has 2 heterocycles. The Hall–Kier alpha value is -2.48. The zero-order chi connectivity index (χ0) is 15.5. The Morgan fingerprint density at radius 3 is 2.36 bits per heavy atom. The summed E-state index contributed by atoms with van der Waals surface area (Å²) in [4.78, 5) is 6.93. The molecule has 1 saturated heterocycles. The van der Waals surface area contributed by atoms with E-state index in [9.17, 15) is 5.26 Å². The standard InChI is InChI=1S/C17H19N3O2/c1-21-15-9-12-8-13(11-18)17(20-6-4-3-5-7-20)19-14(12)10-16(15)22-2/h8-10H,3-7H2,1-2H3. The number of nitrogens with zero attached hydrogens (tertiary/aromatic N) is 3. The highest BCUT2D eigenvalue weighted by molar-refractivity contribution is 5.86. The summed E-state index contributed by atoms with van der Waals surface area (Å²) < 4.78 is 10.7. The zero-order valence-electron chi connectivity index (χ0n) is 12.9. The SMILES string of the molecule is COc1cc2cc(C#N)c(N3CCCCC3)nc2cc1OC. The minimum absolute atomic E-state index is 0.613. The number of aromatic nitrogens is 1. The number of hydrogen-bond acceptors (Lipinski definition) is 5. The summed E-state index contributed by atoms with van der Waals surface area (Å²) in [7, 11) is 3.21. The molecule has 1 fully saturated rings. The van der Waals surface area contributed by atoms with Gasteiger partial charge in [0.1, 0.15) is 11.9 Å². The van der Waals surface area contributed by atoms with Crippen LogP contribution in [0.1, 0.15) is 24.8 Å². The molecule has 0 bridgehead atoms. The number of ether oxygens (including phenoxy) is 2. The molecule has 0 radical (unpaired) electrons. The third-order valence-corrected chi connectivity index (χ3v) is 4.08. The summed E-state index contributed by atoms with van der Waals surface area (Å²) in [6, 6.07) is 7.88. The predicted octanol–water partition coefficient (Wildman–Crippen LogP) is 3.11. The number of methoxy groups -OCH3 is 2. The lowest BCUT2D eigenvalue weighted by Gasteiger charge is -2.28. The second-order valence-electron chi connectivity index (χ2n) is 5.42. The Morgan fingerprint density at radius 1 is 1.05 bits per heavy atom. The van der Waals surface area contributed by atoms with Crippen molar-refractivity contribution in [2.75, 3.05) is 32.2 Å². The van der Waals surface area contributed by atoms with Crippen molar-refractivity contribution in [1.29, 1.82) is 5.26 Å². The van der Waals surface area contributed by atoms with E-state index in [1.165, 1.54) is 6.42 Å². The third-order valence-electron chi connectivity index (χ3n) is 4.08.